The zero-order chi connectivity index (χ0) is 16.3. The number of amides is 1. The van der Waals surface area contributed by atoms with Gasteiger partial charge in [-0.15, -0.1) is 0 Å². The second-order valence-corrected chi connectivity index (χ2v) is 4.29. The predicted molar refractivity (Wildman–Crippen MR) is 74.6 cm³/mol. The Morgan fingerprint density at radius 2 is 1.73 bits per heavy atom. The fourth-order valence-electron chi connectivity index (χ4n) is 1.83. The minimum Gasteiger partial charge on any atom is -0.494 e. The molecule has 1 heterocycles. The average Bonchev–Trinajstić information content (AvgIpc) is 2.81. The number of aromatic hydroxyl groups is 2. The van der Waals surface area contributed by atoms with Crippen molar-refractivity contribution in [3.63, 3.8) is 0 Å². The Morgan fingerprint density at radius 3 is 2.18 bits per heavy atom. The summed E-state index contributed by atoms with van der Waals surface area (Å²) in [5.74, 6) is -1.72. The number of benzene rings is 1. The quantitative estimate of drug-likeness (QED) is 0.328. The van der Waals surface area contributed by atoms with E-state index >= 15 is 0 Å². The number of hydrogen-bond donors (Lipinski definition) is 3. The molecule has 9 heteroatoms. The van der Waals surface area contributed by atoms with Gasteiger partial charge in [0.05, 0.1) is 4.92 Å². The summed E-state index contributed by atoms with van der Waals surface area (Å²) < 4.78 is 0.744. The zero-order valence-corrected chi connectivity index (χ0v) is 11.0. The Balaban J connectivity index is 2.19. The van der Waals surface area contributed by atoms with Crippen LogP contribution < -0.4 is 5.32 Å². The van der Waals surface area contributed by atoms with Gasteiger partial charge in [-0.05, 0) is 12.1 Å². The van der Waals surface area contributed by atoms with Gasteiger partial charge >= 0.3 is 0 Å². The van der Waals surface area contributed by atoms with Crippen LogP contribution in [0.3, 0.4) is 0 Å². The monoisotopic (exact) mass is 305 g/mol. The molecule has 22 heavy (non-hydrogen) atoms. The first kappa shape index (κ1) is 15.0. The maximum absolute atomic E-state index is 12.0. The number of anilines is 1. The first-order chi connectivity index (χ1) is 10.4. The largest absolute Gasteiger partial charge is 0.494 e. The van der Waals surface area contributed by atoms with Gasteiger partial charge in [-0.1, -0.05) is 0 Å². The molecular formula is C13H11N3O6. The third-order valence-corrected chi connectivity index (χ3v) is 2.90. The Kier molecular flexibility index (Phi) is 4.07. The summed E-state index contributed by atoms with van der Waals surface area (Å²) in [5, 5.41) is 32.0. The molecule has 0 spiro atoms. The van der Waals surface area contributed by atoms with Crippen molar-refractivity contribution in [1.82, 2.24) is 4.57 Å². The highest BCUT2D eigenvalue weighted by Gasteiger charge is 2.24. The first-order valence-corrected chi connectivity index (χ1v) is 6.04. The molecule has 0 saturated heterocycles. The van der Waals surface area contributed by atoms with Crippen molar-refractivity contribution in [2.24, 2.45) is 0 Å². The molecule has 114 valence electrons. The van der Waals surface area contributed by atoms with Crippen molar-refractivity contribution in [2.45, 2.75) is 6.04 Å². The lowest BCUT2D eigenvalue weighted by atomic mass is 10.2. The first-order valence-electron chi connectivity index (χ1n) is 6.04. The van der Waals surface area contributed by atoms with E-state index in [1.54, 1.807) is 0 Å². The number of hydrogen-bond acceptors (Lipinski definition) is 6. The van der Waals surface area contributed by atoms with Gasteiger partial charge in [0, 0.05) is 30.0 Å². The van der Waals surface area contributed by atoms with E-state index in [0.717, 1.165) is 16.7 Å². The van der Waals surface area contributed by atoms with E-state index in [-0.39, 0.29) is 17.7 Å². The van der Waals surface area contributed by atoms with Crippen LogP contribution in [0, 0.1) is 10.1 Å². The van der Waals surface area contributed by atoms with Crippen LogP contribution in [0.1, 0.15) is 6.04 Å². The number of carbonyl (C=O) groups is 2. The molecule has 0 bridgehead atoms. The van der Waals surface area contributed by atoms with Crippen molar-refractivity contribution in [1.29, 1.82) is 0 Å². The molecule has 0 fully saturated rings. The minimum atomic E-state index is -1.48. The van der Waals surface area contributed by atoms with Crippen molar-refractivity contribution in [3.05, 3.63) is 46.5 Å². The number of nitro benzene ring substituents is 1. The second kappa shape index (κ2) is 5.95. The molecule has 3 N–H and O–H groups in total. The molecule has 1 amide bonds. The summed E-state index contributed by atoms with van der Waals surface area (Å²) in [6.07, 6.45) is 0.250. The average molecular weight is 305 g/mol. The van der Waals surface area contributed by atoms with Crippen molar-refractivity contribution in [3.8, 4) is 11.8 Å². The topological polar surface area (TPSA) is 135 Å². The fraction of sp³-hybridized carbons (Fsp3) is 0.0769. The third kappa shape index (κ3) is 2.87. The van der Waals surface area contributed by atoms with Crippen molar-refractivity contribution < 1.29 is 24.7 Å². The Bertz CT molecular complexity index is 702. The summed E-state index contributed by atoms with van der Waals surface area (Å²) in [6, 6.07) is 5.76. The highest BCUT2D eigenvalue weighted by atomic mass is 16.6. The van der Waals surface area contributed by atoms with Crippen LogP contribution in [-0.2, 0) is 9.59 Å². The molecule has 1 aromatic carbocycles. The molecule has 0 unspecified atom stereocenters. The van der Waals surface area contributed by atoms with Crippen LogP contribution in [0.2, 0.25) is 0 Å². The van der Waals surface area contributed by atoms with E-state index in [4.69, 9.17) is 0 Å². The molecule has 0 aliphatic heterocycles. The number of aldehydes is 1. The van der Waals surface area contributed by atoms with Gasteiger partial charge in [0.2, 0.25) is 0 Å². The number of carbonyl (C=O) groups excluding carboxylic acids is 2. The summed E-state index contributed by atoms with van der Waals surface area (Å²) in [5.41, 5.74) is 0.0826. The zero-order valence-electron chi connectivity index (χ0n) is 11.0. The normalized spacial score (nSPS) is 11.6. The summed E-state index contributed by atoms with van der Waals surface area (Å²) in [7, 11) is 0. The Morgan fingerprint density at radius 1 is 1.18 bits per heavy atom. The lowest BCUT2D eigenvalue weighted by molar-refractivity contribution is -0.384. The van der Waals surface area contributed by atoms with Crippen LogP contribution in [0.4, 0.5) is 11.4 Å². The van der Waals surface area contributed by atoms with E-state index in [2.05, 4.69) is 5.32 Å². The lowest BCUT2D eigenvalue weighted by Gasteiger charge is -2.14. The van der Waals surface area contributed by atoms with Gasteiger partial charge in [0.15, 0.2) is 24.1 Å². The molecule has 0 aliphatic rings. The van der Waals surface area contributed by atoms with E-state index in [1.807, 2.05) is 0 Å². The standard InChI is InChI=1S/C13H11N3O6/c17-7-10(15-11(18)5-6-12(15)19)13(20)14-8-1-3-9(4-2-8)16(21)22/h1-7,10,18-19H,(H,14,20)/t10-/m1/s1. The molecule has 0 radical (unpaired) electrons. The van der Waals surface area contributed by atoms with Crippen LogP contribution in [-0.4, -0.2) is 31.9 Å². The second-order valence-electron chi connectivity index (χ2n) is 4.29. The van der Waals surface area contributed by atoms with Gasteiger partial charge in [-0.2, -0.15) is 0 Å². The van der Waals surface area contributed by atoms with E-state index < -0.39 is 28.6 Å². The summed E-state index contributed by atoms with van der Waals surface area (Å²) in [6.45, 7) is 0. The predicted octanol–water partition coefficient (Wildman–Crippen LogP) is 1.19. The van der Waals surface area contributed by atoms with Crippen molar-refractivity contribution in [2.75, 3.05) is 5.32 Å². The molecular weight excluding hydrogens is 294 g/mol. The van der Waals surface area contributed by atoms with Gasteiger partial charge in [-0.25, -0.2) is 0 Å². The Hall–Kier alpha value is -3.36. The smallest absolute Gasteiger partial charge is 0.269 e. The number of nitrogens with zero attached hydrogens (tertiary/aromatic N) is 2. The van der Waals surface area contributed by atoms with E-state index in [0.29, 0.717) is 0 Å². The van der Waals surface area contributed by atoms with Gasteiger partial charge in [0.25, 0.3) is 11.6 Å². The van der Waals surface area contributed by atoms with Crippen LogP contribution in [0.15, 0.2) is 36.4 Å². The highest BCUT2D eigenvalue weighted by molar-refractivity contribution is 6.02. The molecule has 2 rings (SSSR count). The van der Waals surface area contributed by atoms with Crippen LogP contribution in [0.25, 0.3) is 0 Å². The SMILES string of the molecule is O=C[C@H](C(=O)Nc1ccc([N+](=O)[O-])cc1)n1c(O)ccc1O. The highest BCUT2D eigenvalue weighted by Crippen LogP contribution is 2.26. The number of non-ortho nitro benzene ring substituents is 1. The van der Waals surface area contributed by atoms with Crippen LogP contribution >= 0.6 is 0 Å². The number of rotatable bonds is 5. The molecule has 0 saturated carbocycles. The minimum absolute atomic E-state index is 0.148. The number of aromatic nitrogens is 1. The Labute approximate surface area is 123 Å². The molecule has 2 aromatic rings. The maximum atomic E-state index is 12.0. The molecule has 0 aliphatic carbocycles. The number of nitrogens with one attached hydrogen (secondary N) is 1. The third-order valence-electron chi connectivity index (χ3n) is 2.90. The van der Waals surface area contributed by atoms with E-state index in [1.165, 1.54) is 24.3 Å². The summed E-state index contributed by atoms with van der Waals surface area (Å²) >= 11 is 0. The maximum Gasteiger partial charge on any atom is 0.269 e. The molecule has 1 atom stereocenters. The number of nitro groups is 1. The van der Waals surface area contributed by atoms with Gasteiger partial charge in [-0.3, -0.25) is 19.5 Å². The molecule has 9 nitrogen and oxygen atoms in total. The fourth-order valence-corrected chi connectivity index (χ4v) is 1.83. The molecule has 1 aromatic heterocycles. The lowest BCUT2D eigenvalue weighted by Crippen LogP contribution is -2.26. The van der Waals surface area contributed by atoms with Crippen LogP contribution in [0.5, 0.6) is 11.8 Å². The summed E-state index contributed by atoms with van der Waals surface area (Å²) in [4.78, 5) is 33.1. The van der Waals surface area contributed by atoms with E-state index in [9.17, 15) is 29.9 Å². The van der Waals surface area contributed by atoms with Gasteiger partial charge < -0.3 is 20.3 Å². The van der Waals surface area contributed by atoms with Gasteiger partial charge in [0.1, 0.15) is 0 Å². The van der Waals surface area contributed by atoms with Crippen molar-refractivity contribution >= 4 is 23.6 Å².